The lowest BCUT2D eigenvalue weighted by Gasteiger charge is -2.26. The summed E-state index contributed by atoms with van der Waals surface area (Å²) in [5.41, 5.74) is 6.55. The van der Waals surface area contributed by atoms with E-state index in [9.17, 15) is 42.5 Å². The van der Waals surface area contributed by atoms with Gasteiger partial charge in [0.1, 0.15) is 30.5 Å². The molecule has 21 nitrogen and oxygen atoms in total. The molecular weight excluding hydrogens is 1010 g/mol. The maximum Gasteiger partial charge on any atom is 0.530 e. The molecule has 4 rings (SSSR count). The number of nitrogens with two attached hydrogens (primary N) is 1. The number of primary amides is 1. The highest BCUT2D eigenvalue weighted by Crippen LogP contribution is 2.50. The van der Waals surface area contributed by atoms with Crippen LogP contribution in [0.25, 0.3) is 0 Å². The first-order chi connectivity index (χ1) is 36.0. The van der Waals surface area contributed by atoms with Crippen molar-refractivity contribution < 1.29 is 65.6 Å². The molecule has 2 saturated heterocycles. The Morgan fingerprint density at radius 3 is 2.00 bits per heavy atom. The molecule has 3 unspecified atom stereocenters. The fourth-order valence-electron chi connectivity index (χ4n) is 8.01. The van der Waals surface area contributed by atoms with Crippen LogP contribution < -0.4 is 47.5 Å². The first kappa shape index (κ1) is 61.7. The lowest BCUT2D eigenvalue weighted by Crippen LogP contribution is -2.57. The predicted octanol–water partition coefficient (Wildman–Crippen LogP) is 3.59. The van der Waals surface area contributed by atoms with Gasteiger partial charge in [0.25, 0.3) is 0 Å². The molecular formula is C51H74FN8O13PS. The Balaban J connectivity index is 1.25. The molecule has 2 aromatic rings. The molecule has 2 aromatic carbocycles. The van der Waals surface area contributed by atoms with Crippen LogP contribution in [0.15, 0.2) is 73.8 Å². The number of rotatable bonds is 38. The van der Waals surface area contributed by atoms with Crippen molar-refractivity contribution in [3.63, 3.8) is 0 Å². The van der Waals surface area contributed by atoms with E-state index in [2.05, 4.69) is 50.4 Å². The highest BCUT2D eigenvalue weighted by atomic mass is 32.2. The second-order valence-electron chi connectivity index (χ2n) is 18.2. The molecule has 0 radical (unpaired) electrons. The van der Waals surface area contributed by atoms with Crippen molar-refractivity contribution in [1.82, 2.24) is 37.2 Å². The molecule has 24 heteroatoms. The van der Waals surface area contributed by atoms with Gasteiger partial charge in [0, 0.05) is 61.8 Å². The molecule has 2 fully saturated rings. The van der Waals surface area contributed by atoms with Crippen LogP contribution in [-0.2, 0) is 71.4 Å². The third kappa shape index (κ3) is 22.9. The van der Waals surface area contributed by atoms with Crippen LogP contribution in [0.5, 0.6) is 5.75 Å². The summed E-state index contributed by atoms with van der Waals surface area (Å²) in [5.74, 6) is -2.77. The molecule has 2 aliphatic rings. The molecule has 9 N–H and O–H groups in total. The predicted molar refractivity (Wildman–Crippen MR) is 281 cm³/mol. The zero-order valence-corrected chi connectivity index (χ0v) is 44.5. The largest absolute Gasteiger partial charge is 0.530 e. The number of benzene rings is 2. The zero-order chi connectivity index (χ0) is 54.6. The maximum atomic E-state index is 14.6. The second kappa shape index (κ2) is 33.2. The monoisotopic (exact) mass is 1090 g/mol. The minimum atomic E-state index is -4.27. The van der Waals surface area contributed by atoms with E-state index < -0.39 is 62.2 Å². The molecule has 6 atom stereocenters. The number of ether oxygens (including phenoxy) is 2. The standard InChI is InChI=1S/C51H74FN8O13PS/c1-5-22-71-74(68,72-23-6-2)73-42-17-16-36(29-37(42)32-52)31-40(50(66)57-38(48(53)64)28-34(3)4)58-49(65)39(30-35-12-8-7-9-13-35)56-46(63)19-18-45(62)55-21-25-70-27-26-69-24-20-54-44(61)15-11-10-14-43-47-41(33-75-43)59-51(67)60-47/h5-9,12-13,16-17,29,34,38-41,43,47H,1-2,10-11,14-15,18-28,30-33H2,3-4H3,(H2,53,64)(H,54,61)(H,55,62)(H,56,63)(H,57,66)(H,58,65)(H2,59,60,67)/t38-,39-,40-,41?,43?,47?/m0/s1. The molecule has 414 valence electrons. The van der Waals surface area contributed by atoms with E-state index in [1.807, 2.05) is 25.6 Å². The molecule has 0 bridgehead atoms. The zero-order valence-electron chi connectivity index (χ0n) is 42.8. The van der Waals surface area contributed by atoms with Crippen molar-refractivity contribution in [2.24, 2.45) is 11.7 Å². The summed E-state index contributed by atoms with van der Waals surface area (Å²) in [4.78, 5) is 90.4. The van der Waals surface area contributed by atoms with Crippen molar-refractivity contribution in [2.75, 3.05) is 58.5 Å². The van der Waals surface area contributed by atoms with Gasteiger partial charge < -0.3 is 56.9 Å². The third-order valence-electron chi connectivity index (χ3n) is 11.7. The quantitative estimate of drug-likeness (QED) is 0.0207. The van der Waals surface area contributed by atoms with Crippen LogP contribution >= 0.6 is 19.6 Å². The molecule has 0 saturated carbocycles. The Bertz CT molecular complexity index is 2250. The SMILES string of the molecule is C=CCOP(=O)(OCC=C)Oc1ccc(C[C@H](NC(=O)[C@H](Cc2ccccc2)NC(=O)CCC(=O)NCCOCCOCCNC(=O)CCCCC2SCC3NC(=O)NC32)C(=O)N[C@@H](CC(C)C)C(N)=O)cc1CF. The van der Waals surface area contributed by atoms with Crippen molar-refractivity contribution in [3.05, 3.63) is 90.5 Å². The van der Waals surface area contributed by atoms with Crippen molar-refractivity contribution in [3.8, 4) is 5.75 Å². The molecule has 2 heterocycles. The Morgan fingerprint density at radius 1 is 0.787 bits per heavy atom. The fraction of sp³-hybridized carbons (Fsp3) is 0.549. The average Bonchev–Trinajstić information content (AvgIpc) is 3.94. The van der Waals surface area contributed by atoms with Gasteiger partial charge in [0.2, 0.25) is 35.4 Å². The number of phosphoric acid groups is 1. The molecule has 2 aliphatic heterocycles. The number of carbonyl (C=O) groups is 7. The van der Waals surface area contributed by atoms with E-state index in [0.717, 1.165) is 25.0 Å². The van der Waals surface area contributed by atoms with Gasteiger partial charge >= 0.3 is 13.9 Å². The summed E-state index contributed by atoms with van der Waals surface area (Å²) in [6.07, 6.45) is 5.13. The van der Waals surface area contributed by atoms with Crippen LogP contribution in [0.2, 0.25) is 0 Å². The van der Waals surface area contributed by atoms with Crippen LogP contribution in [-0.4, -0.2) is 135 Å². The molecule has 8 amide bonds. The van der Waals surface area contributed by atoms with Gasteiger partial charge in [-0.15, -0.1) is 13.2 Å². The lowest BCUT2D eigenvalue weighted by molar-refractivity contribution is -0.133. The summed E-state index contributed by atoms with van der Waals surface area (Å²) < 4.78 is 54.9. The van der Waals surface area contributed by atoms with Crippen LogP contribution in [0.3, 0.4) is 0 Å². The van der Waals surface area contributed by atoms with Crippen LogP contribution in [0, 0.1) is 5.92 Å². The normalized spacial score (nSPS) is 17.1. The summed E-state index contributed by atoms with van der Waals surface area (Å²) in [5, 5.41) is 19.8. The average molecular weight is 1090 g/mol. The first-order valence-electron chi connectivity index (χ1n) is 25.1. The number of fused-ring (bicyclic) bond motifs is 1. The summed E-state index contributed by atoms with van der Waals surface area (Å²) in [6, 6.07) is 9.40. The van der Waals surface area contributed by atoms with E-state index in [0.29, 0.717) is 35.9 Å². The number of nitrogens with one attached hydrogen (secondary N) is 7. The number of unbranched alkanes of at least 4 members (excludes halogenated alkanes) is 1. The Labute approximate surface area is 442 Å². The number of halogens is 1. The molecule has 0 spiro atoms. The van der Waals surface area contributed by atoms with E-state index >= 15 is 0 Å². The van der Waals surface area contributed by atoms with E-state index in [-0.39, 0.29) is 113 Å². The summed E-state index contributed by atoms with van der Waals surface area (Å²) in [6.45, 7) is 10.7. The molecule has 75 heavy (non-hydrogen) atoms. The minimum absolute atomic E-state index is 0.00478. The fourth-order valence-corrected chi connectivity index (χ4v) is 10.7. The van der Waals surface area contributed by atoms with Gasteiger partial charge in [0.15, 0.2) is 0 Å². The van der Waals surface area contributed by atoms with Crippen molar-refractivity contribution in [1.29, 1.82) is 0 Å². The minimum Gasteiger partial charge on any atom is -0.404 e. The summed E-state index contributed by atoms with van der Waals surface area (Å²) >= 11 is 1.86. The van der Waals surface area contributed by atoms with Gasteiger partial charge in [-0.05, 0) is 48.4 Å². The number of amides is 8. The number of hydrogen-bond donors (Lipinski definition) is 8. The number of thioether (sulfide) groups is 1. The number of alkyl halides is 1. The van der Waals surface area contributed by atoms with Gasteiger partial charge in [-0.3, -0.25) is 37.8 Å². The first-order valence-corrected chi connectivity index (χ1v) is 27.6. The van der Waals surface area contributed by atoms with Crippen LogP contribution in [0.1, 0.15) is 75.5 Å². The number of urea groups is 1. The highest BCUT2D eigenvalue weighted by molar-refractivity contribution is 8.00. The molecule has 0 aromatic heterocycles. The number of hydrogen-bond acceptors (Lipinski definition) is 14. The van der Waals surface area contributed by atoms with Crippen molar-refractivity contribution in [2.45, 2.75) is 114 Å². The van der Waals surface area contributed by atoms with E-state index in [1.165, 1.54) is 30.4 Å². The topological polar surface area (TPSA) is 293 Å². The Morgan fingerprint density at radius 2 is 1.39 bits per heavy atom. The molecule has 0 aliphatic carbocycles. The Hall–Kier alpha value is -5.84. The van der Waals surface area contributed by atoms with Crippen molar-refractivity contribution >= 4 is 61.1 Å². The third-order valence-corrected chi connectivity index (χ3v) is 14.6. The van der Waals surface area contributed by atoms with E-state index in [4.69, 9.17) is 28.8 Å². The van der Waals surface area contributed by atoms with Crippen LogP contribution in [0.4, 0.5) is 9.18 Å². The number of carbonyl (C=O) groups excluding carboxylic acids is 7. The van der Waals surface area contributed by atoms with Gasteiger partial charge in [-0.25, -0.2) is 13.8 Å². The lowest BCUT2D eigenvalue weighted by atomic mass is 9.99. The second-order valence-corrected chi connectivity index (χ2v) is 21.1. The van der Waals surface area contributed by atoms with Gasteiger partial charge in [-0.1, -0.05) is 68.8 Å². The van der Waals surface area contributed by atoms with Gasteiger partial charge in [-0.2, -0.15) is 11.8 Å². The number of phosphoric ester groups is 1. The van der Waals surface area contributed by atoms with E-state index in [1.54, 1.807) is 30.3 Å². The smallest absolute Gasteiger partial charge is 0.404 e. The highest BCUT2D eigenvalue weighted by Gasteiger charge is 2.42. The summed E-state index contributed by atoms with van der Waals surface area (Å²) in [7, 11) is -4.27. The van der Waals surface area contributed by atoms with Gasteiger partial charge in [0.05, 0.1) is 51.7 Å². The Kier molecular flexibility index (Phi) is 27.4. The maximum absolute atomic E-state index is 14.6.